The molecule has 2 rings (SSSR count). The molecular weight excluding hydrogens is 275 g/mol. The van der Waals surface area contributed by atoms with Crippen LogP contribution in [0.25, 0.3) is 0 Å². The quantitative estimate of drug-likeness (QED) is 0.884. The van der Waals surface area contributed by atoms with E-state index in [2.05, 4.69) is 4.98 Å². The summed E-state index contributed by atoms with van der Waals surface area (Å²) in [5.41, 5.74) is 6.43. The molecule has 0 aliphatic heterocycles. The molecule has 2 N–H and O–H groups in total. The van der Waals surface area contributed by atoms with Gasteiger partial charge in [0.25, 0.3) is 0 Å². The number of aromatic nitrogens is 1. The molecular formula is C15H17FN2O3. The third-order valence-corrected chi connectivity index (χ3v) is 2.99. The highest BCUT2D eigenvalue weighted by atomic mass is 19.1. The van der Waals surface area contributed by atoms with E-state index < -0.39 is 0 Å². The molecule has 1 heterocycles. The summed E-state index contributed by atoms with van der Waals surface area (Å²) in [5.74, 6) is 1.08. The third-order valence-electron chi connectivity index (χ3n) is 2.99. The van der Waals surface area contributed by atoms with Crippen molar-refractivity contribution in [2.24, 2.45) is 5.73 Å². The fourth-order valence-electron chi connectivity index (χ4n) is 1.89. The van der Waals surface area contributed by atoms with Crippen molar-refractivity contribution in [2.45, 2.75) is 13.2 Å². The molecule has 0 unspecified atom stereocenters. The summed E-state index contributed by atoms with van der Waals surface area (Å²) in [6, 6.07) is 6.26. The molecule has 5 nitrogen and oxygen atoms in total. The van der Waals surface area contributed by atoms with Crippen molar-refractivity contribution >= 4 is 0 Å². The summed E-state index contributed by atoms with van der Waals surface area (Å²) in [6.45, 7) is 0.291. The molecule has 0 aliphatic carbocycles. The Morgan fingerprint density at radius 1 is 1.19 bits per heavy atom. The summed E-state index contributed by atoms with van der Waals surface area (Å²) in [7, 11) is 3.07. The number of benzene rings is 1. The largest absolute Gasteiger partial charge is 0.493 e. The molecule has 2 aromatic rings. The molecule has 0 saturated heterocycles. The minimum atomic E-state index is -0.388. The van der Waals surface area contributed by atoms with E-state index in [4.69, 9.17) is 19.9 Å². The van der Waals surface area contributed by atoms with Crippen molar-refractivity contribution in [1.82, 2.24) is 4.98 Å². The lowest BCUT2D eigenvalue weighted by Gasteiger charge is -2.12. The number of pyridine rings is 1. The van der Waals surface area contributed by atoms with E-state index >= 15 is 0 Å². The Morgan fingerprint density at radius 3 is 2.62 bits per heavy atom. The standard InChI is InChI=1S/C15H17FN2O3/c1-19-14-5-6-18-13(15(14)20-2)9-21-11-4-3-10(8-17)12(16)7-11/h3-7H,8-9,17H2,1-2H3. The van der Waals surface area contributed by atoms with Crippen LogP contribution in [-0.4, -0.2) is 19.2 Å². The second-order valence-electron chi connectivity index (χ2n) is 4.24. The van der Waals surface area contributed by atoms with Crippen molar-refractivity contribution in [2.75, 3.05) is 14.2 Å². The van der Waals surface area contributed by atoms with Crippen LogP contribution in [0, 0.1) is 5.82 Å². The Labute approximate surface area is 122 Å². The van der Waals surface area contributed by atoms with Crippen molar-refractivity contribution in [3.05, 3.63) is 47.5 Å². The molecule has 0 atom stereocenters. The minimum absolute atomic E-state index is 0.141. The van der Waals surface area contributed by atoms with Gasteiger partial charge in [-0.3, -0.25) is 4.98 Å². The van der Waals surface area contributed by atoms with E-state index in [-0.39, 0.29) is 19.0 Å². The number of methoxy groups -OCH3 is 2. The first-order chi connectivity index (χ1) is 10.2. The molecule has 1 aromatic carbocycles. The van der Waals surface area contributed by atoms with Gasteiger partial charge in [-0.15, -0.1) is 0 Å². The normalized spacial score (nSPS) is 10.3. The second kappa shape index (κ2) is 6.90. The van der Waals surface area contributed by atoms with Gasteiger partial charge in [0.2, 0.25) is 0 Å². The van der Waals surface area contributed by atoms with Crippen LogP contribution in [0.5, 0.6) is 17.2 Å². The smallest absolute Gasteiger partial charge is 0.185 e. The van der Waals surface area contributed by atoms with E-state index in [1.165, 1.54) is 13.2 Å². The summed E-state index contributed by atoms with van der Waals surface area (Å²) in [4.78, 5) is 4.19. The van der Waals surface area contributed by atoms with Crippen LogP contribution in [0.1, 0.15) is 11.3 Å². The number of halogens is 1. The lowest BCUT2D eigenvalue weighted by atomic mass is 10.2. The van der Waals surface area contributed by atoms with Crippen molar-refractivity contribution in [3.8, 4) is 17.2 Å². The average molecular weight is 292 g/mol. The molecule has 0 bridgehead atoms. The van der Waals surface area contributed by atoms with Crippen molar-refractivity contribution in [1.29, 1.82) is 0 Å². The molecule has 0 radical (unpaired) electrons. The number of hydrogen-bond acceptors (Lipinski definition) is 5. The number of nitrogens with two attached hydrogens (primary N) is 1. The molecule has 112 valence electrons. The molecule has 6 heteroatoms. The van der Waals surface area contributed by atoms with Crippen LogP contribution < -0.4 is 19.9 Å². The van der Waals surface area contributed by atoms with Crippen molar-refractivity contribution in [3.63, 3.8) is 0 Å². The van der Waals surface area contributed by atoms with Gasteiger partial charge in [0.05, 0.1) is 14.2 Å². The third kappa shape index (κ3) is 3.41. The molecule has 0 aliphatic rings. The fraction of sp³-hybridized carbons (Fsp3) is 0.267. The summed E-state index contributed by atoms with van der Waals surface area (Å²) >= 11 is 0. The Kier molecular flexibility index (Phi) is 4.94. The number of hydrogen-bond donors (Lipinski definition) is 1. The van der Waals surface area contributed by atoms with Gasteiger partial charge in [-0.05, 0) is 6.07 Å². The van der Waals surface area contributed by atoms with E-state index in [0.29, 0.717) is 28.5 Å². The van der Waals surface area contributed by atoms with Crippen LogP contribution >= 0.6 is 0 Å². The summed E-state index contributed by atoms with van der Waals surface area (Å²) < 4.78 is 29.6. The van der Waals surface area contributed by atoms with Gasteiger partial charge < -0.3 is 19.9 Å². The number of rotatable bonds is 6. The van der Waals surface area contributed by atoms with Gasteiger partial charge in [-0.1, -0.05) is 6.07 Å². The summed E-state index contributed by atoms with van der Waals surface area (Å²) in [6.07, 6.45) is 1.60. The SMILES string of the molecule is COc1ccnc(COc2ccc(CN)c(F)c2)c1OC. The molecule has 21 heavy (non-hydrogen) atoms. The zero-order valence-electron chi connectivity index (χ0n) is 11.9. The topological polar surface area (TPSA) is 66.6 Å². The van der Waals surface area contributed by atoms with E-state index in [1.807, 2.05) is 0 Å². The Bertz CT molecular complexity index is 620. The lowest BCUT2D eigenvalue weighted by molar-refractivity contribution is 0.283. The highest BCUT2D eigenvalue weighted by molar-refractivity contribution is 5.42. The first-order valence-corrected chi connectivity index (χ1v) is 6.36. The molecule has 1 aromatic heterocycles. The molecule has 0 spiro atoms. The first-order valence-electron chi connectivity index (χ1n) is 6.36. The Hall–Kier alpha value is -2.34. The van der Waals surface area contributed by atoms with Gasteiger partial charge >= 0.3 is 0 Å². The van der Waals surface area contributed by atoms with Crippen LogP contribution in [0.2, 0.25) is 0 Å². The second-order valence-corrected chi connectivity index (χ2v) is 4.24. The first kappa shape index (κ1) is 15.1. The Morgan fingerprint density at radius 2 is 2.00 bits per heavy atom. The highest BCUT2D eigenvalue weighted by Gasteiger charge is 2.12. The molecule has 0 fully saturated rings. The van der Waals surface area contributed by atoms with Crippen molar-refractivity contribution < 1.29 is 18.6 Å². The van der Waals surface area contributed by atoms with Gasteiger partial charge in [-0.2, -0.15) is 0 Å². The van der Waals surface area contributed by atoms with E-state index in [1.54, 1.807) is 31.5 Å². The Balaban J connectivity index is 2.15. The van der Waals surface area contributed by atoms with Crippen LogP contribution in [0.15, 0.2) is 30.5 Å². The van der Waals surface area contributed by atoms with Crippen LogP contribution in [0.3, 0.4) is 0 Å². The maximum absolute atomic E-state index is 13.6. The molecule has 0 saturated carbocycles. The molecule has 0 amide bonds. The lowest BCUT2D eigenvalue weighted by Crippen LogP contribution is -2.04. The maximum atomic E-state index is 13.6. The van der Waals surface area contributed by atoms with Gasteiger partial charge in [0.1, 0.15) is 23.9 Å². The zero-order chi connectivity index (χ0) is 15.2. The predicted octanol–water partition coefficient (Wildman–Crippen LogP) is 2.28. The van der Waals surface area contributed by atoms with E-state index in [9.17, 15) is 4.39 Å². The minimum Gasteiger partial charge on any atom is -0.493 e. The average Bonchev–Trinajstić information content (AvgIpc) is 2.52. The summed E-state index contributed by atoms with van der Waals surface area (Å²) in [5, 5.41) is 0. The number of nitrogens with zero attached hydrogens (tertiary/aromatic N) is 1. The highest BCUT2D eigenvalue weighted by Crippen LogP contribution is 2.29. The van der Waals surface area contributed by atoms with Gasteiger partial charge in [-0.25, -0.2) is 4.39 Å². The predicted molar refractivity (Wildman–Crippen MR) is 76.0 cm³/mol. The fourth-order valence-corrected chi connectivity index (χ4v) is 1.89. The van der Waals surface area contributed by atoms with Gasteiger partial charge in [0.15, 0.2) is 11.5 Å². The van der Waals surface area contributed by atoms with Crippen LogP contribution in [0.4, 0.5) is 4.39 Å². The van der Waals surface area contributed by atoms with Crippen LogP contribution in [-0.2, 0) is 13.2 Å². The maximum Gasteiger partial charge on any atom is 0.185 e. The van der Waals surface area contributed by atoms with E-state index in [0.717, 1.165) is 0 Å². The van der Waals surface area contributed by atoms with Gasteiger partial charge in [0, 0.05) is 30.4 Å². The number of ether oxygens (including phenoxy) is 3. The zero-order valence-corrected chi connectivity index (χ0v) is 11.9. The monoisotopic (exact) mass is 292 g/mol.